The first-order valence-corrected chi connectivity index (χ1v) is 6.46. The maximum Gasteiger partial charge on any atom is 0.184 e. The summed E-state index contributed by atoms with van der Waals surface area (Å²) in [5, 5.41) is 12.5. The molecule has 2 aliphatic heterocycles. The van der Waals surface area contributed by atoms with Crippen LogP contribution in [0.5, 0.6) is 0 Å². The van der Waals surface area contributed by atoms with Gasteiger partial charge in [-0.3, -0.25) is 0 Å². The second-order valence-electron chi connectivity index (χ2n) is 4.91. The van der Waals surface area contributed by atoms with Gasteiger partial charge in [-0.1, -0.05) is 35.5 Å². The van der Waals surface area contributed by atoms with E-state index in [0.29, 0.717) is 18.7 Å². The molecule has 0 unspecified atom stereocenters. The molecule has 3 rings (SSSR count). The highest BCUT2D eigenvalue weighted by Crippen LogP contribution is 2.32. The lowest BCUT2D eigenvalue weighted by Crippen LogP contribution is -2.52. The monoisotopic (exact) mass is 263 g/mol. The van der Waals surface area contributed by atoms with E-state index in [-0.39, 0.29) is 18.3 Å². The van der Waals surface area contributed by atoms with Gasteiger partial charge in [0.25, 0.3) is 0 Å². The summed E-state index contributed by atoms with van der Waals surface area (Å²) in [6, 6.07) is 9.73. The van der Waals surface area contributed by atoms with Gasteiger partial charge in [-0.25, -0.2) is 0 Å². The number of fused-ring (bicyclic) bond motifs is 1. The fraction of sp³-hybridized carbons (Fsp3) is 0.500. The highest BCUT2D eigenvalue weighted by Gasteiger charge is 2.41. The molecule has 0 radical (unpaired) electrons. The van der Waals surface area contributed by atoms with Crippen molar-refractivity contribution < 1.29 is 19.4 Å². The second-order valence-corrected chi connectivity index (χ2v) is 4.91. The molecule has 4 atom stereocenters. The largest absolute Gasteiger partial charge is 0.411 e. The molecule has 2 fully saturated rings. The minimum absolute atomic E-state index is 0.0209. The molecule has 5 nitrogen and oxygen atoms in total. The topological polar surface area (TPSA) is 60.3 Å². The molecule has 0 bridgehead atoms. The standard InChI is InChI=1S/C14H17NO4/c1-9-7-11(15-16)13-12(18-9)8-17-14(19-13)10-5-3-2-4-6-10/h2-6,9,12-14,16H,7-8H2,1H3/b15-11-/t9-,12-,13+,14+/m1/s1. The molecule has 0 spiro atoms. The Hall–Kier alpha value is -1.43. The zero-order valence-corrected chi connectivity index (χ0v) is 10.7. The van der Waals surface area contributed by atoms with E-state index in [1.807, 2.05) is 37.3 Å². The quantitative estimate of drug-likeness (QED) is 0.622. The van der Waals surface area contributed by atoms with Crippen LogP contribution in [-0.4, -0.2) is 35.8 Å². The molecule has 1 aromatic carbocycles. The van der Waals surface area contributed by atoms with E-state index in [2.05, 4.69) is 5.16 Å². The maximum atomic E-state index is 9.12. The van der Waals surface area contributed by atoms with Gasteiger partial charge >= 0.3 is 0 Å². The van der Waals surface area contributed by atoms with Crippen LogP contribution in [0.15, 0.2) is 35.5 Å². The normalized spacial score (nSPS) is 37.0. The van der Waals surface area contributed by atoms with Crippen LogP contribution in [0.2, 0.25) is 0 Å². The summed E-state index contributed by atoms with van der Waals surface area (Å²) >= 11 is 0. The van der Waals surface area contributed by atoms with E-state index >= 15 is 0 Å². The van der Waals surface area contributed by atoms with Crippen LogP contribution in [0.25, 0.3) is 0 Å². The Morgan fingerprint density at radius 2 is 2.00 bits per heavy atom. The van der Waals surface area contributed by atoms with Crippen LogP contribution in [0.3, 0.4) is 0 Å². The van der Waals surface area contributed by atoms with Gasteiger partial charge in [0, 0.05) is 12.0 Å². The van der Waals surface area contributed by atoms with E-state index in [4.69, 9.17) is 19.4 Å². The highest BCUT2D eigenvalue weighted by molar-refractivity contribution is 5.90. The zero-order chi connectivity index (χ0) is 13.2. The van der Waals surface area contributed by atoms with Crippen LogP contribution < -0.4 is 0 Å². The van der Waals surface area contributed by atoms with Crippen LogP contribution in [0.1, 0.15) is 25.2 Å². The van der Waals surface area contributed by atoms with E-state index < -0.39 is 6.29 Å². The molecule has 1 N–H and O–H groups in total. The van der Waals surface area contributed by atoms with Crippen molar-refractivity contribution in [1.29, 1.82) is 0 Å². The fourth-order valence-electron chi connectivity index (χ4n) is 2.57. The van der Waals surface area contributed by atoms with Crippen molar-refractivity contribution in [3.63, 3.8) is 0 Å². The number of benzene rings is 1. The Balaban J connectivity index is 1.78. The van der Waals surface area contributed by atoms with Crippen LogP contribution in [0.4, 0.5) is 0 Å². The zero-order valence-electron chi connectivity index (χ0n) is 10.7. The Morgan fingerprint density at radius 1 is 1.21 bits per heavy atom. The Kier molecular flexibility index (Phi) is 3.50. The predicted molar refractivity (Wildman–Crippen MR) is 68.2 cm³/mol. The maximum absolute atomic E-state index is 9.12. The summed E-state index contributed by atoms with van der Waals surface area (Å²) in [5.74, 6) is 0. The first-order chi connectivity index (χ1) is 9.28. The Bertz CT molecular complexity index is 462. The molecule has 102 valence electrons. The highest BCUT2D eigenvalue weighted by atomic mass is 16.7. The molecule has 0 saturated carbocycles. The average Bonchev–Trinajstić information content (AvgIpc) is 2.46. The summed E-state index contributed by atoms with van der Waals surface area (Å²) < 4.78 is 17.3. The van der Waals surface area contributed by atoms with Crippen molar-refractivity contribution >= 4 is 5.71 Å². The first-order valence-electron chi connectivity index (χ1n) is 6.46. The Labute approximate surface area is 111 Å². The number of hydrogen-bond acceptors (Lipinski definition) is 5. The lowest BCUT2D eigenvalue weighted by molar-refractivity contribution is -0.261. The van der Waals surface area contributed by atoms with Crippen molar-refractivity contribution in [3.05, 3.63) is 35.9 Å². The van der Waals surface area contributed by atoms with Crippen molar-refractivity contribution in [2.45, 2.75) is 37.9 Å². The fourth-order valence-corrected chi connectivity index (χ4v) is 2.57. The number of ether oxygens (including phenoxy) is 3. The SMILES string of the molecule is C[C@@H]1C/C(=N/O)[C@@H]2O[C@@H](c3ccccc3)OC[C@H]2O1. The van der Waals surface area contributed by atoms with Gasteiger partial charge in [0.15, 0.2) is 6.29 Å². The third-order valence-electron chi connectivity index (χ3n) is 3.45. The Morgan fingerprint density at radius 3 is 2.74 bits per heavy atom. The number of rotatable bonds is 1. The van der Waals surface area contributed by atoms with Crippen molar-refractivity contribution in [2.24, 2.45) is 5.16 Å². The van der Waals surface area contributed by atoms with E-state index in [1.165, 1.54) is 0 Å². The minimum Gasteiger partial charge on any atom is -0.411 e. The summed E-state index contributed by atoms with van der Waals surface area (Å²) in [5.41, 5.74) is 1.59. The van der Waals surface area contributed by atoms with Crippen LogP contribution in [0, 0.1) is 0 Å². The van der Waals surface area contributed by atoms with Crippen molar-refractivity contribution in [3.8, 4) is 0 Å². The third-order valence-corrected chi connectivity index (χ3v) is 3.45. The molecule has 19 heavy (non-hydrogen) atoms. The average molecular weight is 263 g/mol. The molecular weight excluding hydrogens is 246 g/mol. The van der Waals surface area contributed by atoms with E-state index in [9.17, 15) is 0 Å². The molecule has 2 aliphatic rings. The molecule has 0 aromatic heterocycles. The summed E-state index contributed by atoms with van der Waals surface area (Å²) in [7, 11) is 0. The molecule has 5 heteroatoms. The number of nitrogens with zero attached hydrogens (tertiary/aromatic N) is 1. The third kappa shape index (κ3) is 2.49. The van der Waals surface area contributed by atoms with E-state index in [1.54, 1.807) is 0 Å². The van der Waals surface area contributed by atoms with Gasteiger partial charge in [0.2, 0.25) is 0 Å². The van der Waals surface area contributed by atoms with Crippen LogP contribution in [-0.2, 0) is 14.2 Å². The van der Waals surface area contributed by atoms with Gasteiger partial charge in [-0.2, -0.15) is 0 Å². The van der Waals surface area contributed by atoms with Gasteiger partial charge in [0.1, 0.15) is 12.2 Å². The van der Waals surface area contributed by atoms with Crippen molar-refractivity contribution in [1.82, 2.24) is 0 Å². The minimum atomic E-state index is -0.434. The van der Waals surface area contributed by atoms with Gasteiger partial charge in [-0.05, 0) is 6.92 Å². The van der Waals surface area contributed by atoms with Crippen LogP contribution >= 0.6 is 0 Å². The smallest absolute Gasteiger partial charge is 0.184 e. The first kappa shape index (κ1) is 12.6. The summed E-state index contributed by atoms with van der Waals surface area (Å²) in [6.45, 7) is 2.39. The molecular formula is C14H17NO4. The predicted octanol–water partition coefficient (Wildman–Crippen LogP) is 2.11. The lowest BCUT2D eigenvalue weighted by Gasteiger charge is -2.41. The number of hydrogen-bond donors (Lipinski definition) is 1. The molecule has 0 aliphatic carbocycles. The second kappa shape index (κ2) is 5.28. The molecule has 0 amide bonds. The van der Waals surface area contributed by atoms with Gasteiger partial charge in [-0.15, -0.1) is 0 Å². The van der Waals surface area contributed by atoms with Gasteiger partial charge < -0.3 is 19.4 Å². The molecule has 2 heterocycles. The van der Waals surface area contributed by atoms with Gasteiger partial charge in [0.05, 0.1) is 18.4 Å². The van der Waals surface area contributed by atoms with Crippen molar-refractivity contribution in [2.75, 3.05) is 6.61 Å². The molecule has 1 aromatic rings. The summed E-state index contributed by atoms with van der Waals surface area (Å²) in [4.78, 5) is 0. The summed E-state index contributed by atoms with van der Waals surface area (Å²) in [6.07, 6.45) is -0.363. The van der Waals surface area contributed by atoms with E-state index in [0.717, 1.165) is 5.56 Å². The number of oxime groups is 1. The molecule has 2 saturated heterocycles. The lowest BCUT2D eigenvalue weighted by atomic mass is 9.98.